The lowest BCUT2D eigenvalue weighted by molar-refractivity contribution is 0.421. The van der Waals surface area contributed by atoms with Crippen LogP contribution in [0.1, 0.15) is 32.9 Å². The second-order valence-electron chi connectivity index (χ2n) is 5.68. The van der Waals surface area contributed by atoms with E-state index in [1.807, 2.05) is 11.7 Å². The molecule has 1 heterocycles. The van der Waals surface area contributed by atoms with Crippen LogP contribution in [0.4, 0.5) is 0 Å². The van der Waals surface area contributed by atoms with E-state index in [0.717, 1.165) is 13.0 Å². The van der Waals surface area contributed by atoms with Gasteiger partial charge >= 0.3 is 0 Å². The molecule has 0 spiro atoms. The van der Waals surface area contributed by atoms with Crippen LogP contribution in [-0.2, 0) is 13.5 Å². The van der Waals surface area contributed by atoms with Gasteiger partial charge in [-0.3, -0.25) is 4.68 Å². The number of nitrogens with one attached hydrogen (secondary N) is 1. The Bertz CT molecular complexity index is 528. The van der Waals surface area contributed by atoms with Crippen molar-refractivity contribution in [3.8, 4) is 0 Å². The lowest BCUT2D eigenvalue weighted by Crippen LogP contribution is -2.32. The third-order valence-corrected chi connectivity index (χ3v) is 3.52. The summed E-state index contributed by atoms with van der Waals surface area (Å²) in [5.41, 5.74) is 2.43. The van der Waals surface area contributed by atoms with Crippen molar-refractivity contribution in [2.75, 3.05) is 6.54 Å². The fourth-order valence-corrected chi connectivity index (χ4v) is 2.77. The van der Waals surface area contributed by atoms with Crippen LogP contribution in [0.15, 0.2) is 24.3 Å². The molecule has 0 saturated carbocycles. The first-order valence-electron chi connectivity index (χ1n) is 7.25. The van der Waals surface area contributed by atoms with E-state index in [-0.39, 0.29) is 0 Å². The van der Waals surface area contributed by atoms with Crippen molar-refractivity contribution in [1.29, 1.82) is 0 Å². The third-order valence-electron chi connectivity index (χ3n) is 3.52. The van der Waals surface area contributed by atoms with Gasteiger partial charge < -0.3 is 5.32 Å². The number of fused-ring (bicyclic) bond motifs is 1. The summed E-state index contributed by atoms with van der Waals surface area (Å²) < 4.78 is 1.99. The summed E-state index contributed by atoms with van der Waals surface area (Å²) in [6, 6.07) is 9.00. The van der Waals surface area contributed by atoms with Crippen molar-refractivity contribution < 1.29 is 0 Å². The number of nitrogens with zero attached hydrogens (tertiary/aromatic N) is 2. The summed E-state index contributed by atoms with van der Waals surface area (Å²) >= 11 is 0. The Morgan fingerprint density at radius 3 is 2.68 bits per heavy atom. The van der Waals surface area contributed by atoms with Crippen molar-refractivity contribution in [3.63, 3.8) is 0 Å². The van der Waals surface area contributed by atoms with E-state index in [0.29, 0.717) is 12.0 Å². The van der Waals surface area contributed by atoms with Crippen LogP contribution in [0, 0.1) is 5.92 Å². The minimum atomic E-state index is 0.517. The predicted molar refractivity (Wildman–Crippen MR) is 81.3 cm³/mol. The maximum absolute atomic E-state index is 4.70. The van der Waals surface area contributed by atoms with Crippen molar-refractivity contribution in [1.82, 2.24) is 15.1 Å². The Morgan fingerprint density at radius 2 is 2.00 bits per heavy atom. The summed E-state index contributed by atoms with van der Waals surface area (Å²) in [7, 11) is 2.02. The van der Waals surface area contributed by atoms with E-state index < -0.39 is 0 Å². The molecule has 2 aromatic rings. The number of aryl methyl sites for hydroxylation is 1. The molecule has 0 saturated heterocycles. The zero-order valence-corrected chi connectivity index (χ0v) is 12.5. The molecule has 0 aliphatic rings. The van der Waals surface area contributed by atoms with Crippen molar-refractivity contribution >= 4 is 10.9 Å². The third kappa shape index (κ3) is 3.35. The Labute approximate surface area is 116 Å². The highest BCUT2D eigenvalue weighted by Crippen LogP contribution is 2.20. The summed E-state index contributed by atoms with van der Waals surface area (Å²) in [5, 5.41) is 9.57. The Kier molecular flexibility index (Phi) is 4.59. The SMILES string of the molecule is CCNC(Cc1nn(C)c2ccccc12)CC(C)C. The molecule has 1 N–H and O–H groups in total. The van der Waals surface area contributed by atoms with Crippen LogP contribution in [0.5, 0.6) is 0 Å². The van der Waals surface area contributed by atoms with Crippen LogP contribution < -0.4 is 5.32 Å². The minimum Gasteiger partial charge on any atom is -0.314 e. The first-order valence-corrected chi connectivity index (χ1v) is 7.25. The van der Waals surface area contributed by atoms with Crippen molar-refractivity contribution in [2.24, 2.45) is 13.0 Å². The summed E-state index contributed by atoms with van der Waals surface area (Å²) in [6.45, 7) is 7.74. The molecular formula is C16H25N3. The van der Waals surface area contributed by atoms with Crippen LogP contribution in [0.25, 0.3) is 10.9 Å². The zero-order chi connectivity index (χ0) is 13.8. The predicted octanol–water partition coefficient (Wildman–Crippen LogP) is 3.14. The summed E-state index contributed by atoms with van der Waals surface area (Å²) in [5.74, 6) is 0.707. The van der Waals surface area contributed by atoms with Gasteiger partial charge in [0.15, 0.2) is 0 Å². The fraction of sp³-hybridized carbons (Fsp3) is 0.562. The molecule has 3 nitrogen and oxygen atoms in total. The van der Waals surface area contributed by atoms with Gasteiger partial charge in [-0.15, -0.1) is 0 Å². The average Bonchev–Trinajstić information content (AvgIpc) is 2.67. The highest BCUT2D eigenvalue weighted by Gasteiger charge is 2.15. The largest absolute Gasteiger partial charge is 0.314 e. The molecule has 1 aromatic heterocycles. The molecule has 0 aliphatic heterocycles. The number of likely N-dealkylation sites (N-methyl/N-ethyl adjacent to an activating group) is 1. The number of aromatic nitrogens is 2. The molecule has 0 aliphatic carbocycles. The van der Waals surface area contributed by atoms with Crippen LogP contribution >= 0.6 is 0 Å². The van der Waals surface area contributed by atoms with E-state index >= 15 is 0 Å². The molecule has 1 atom stereocenters. The molecule has 19 heavy (non-hydrogen) atoms. The molecule has 0 fully saturated rings. The van der Waals surface area contributed by atoms with E-state index in [1.54, 1.807) is 0 Å². The monoisotopic (exact) mass is 259 g/mol. The zero-order valence-electron chi connectivity index (χ0n) is 12.5. The van der Waals surface area contributed by atoms with Gasteiger partial charge in [0.2, 0.25) is 0 Å². The number of hydrogen-bond acceptors (Lipinski definition) is 2. The van der Waals surface area contributed by atoms with Crippen LogP contribution in [-0.4, -0.2) is 22.4 Å². The second kappa shape index (κ2) is 6.20. The lowest BCUT2D eigenvalue weighted by atomic mass is 9.98. The Morgan fingerprint density at radius 1 is 1.26 bits per heavy atom. The molecular weight excluding hydrogens is 234 g/mol. The Hall–Kier alpha value is -1.35. The van der Waals surface area contributed by atoms with E-state index in [1.165, 1.54) is 23.0 Å². The maximum atomic E-state index is 4.70. The molecule has 0 radical (unpaired) electrons. The molecule has 0 bridgehead atoms. The maximum Gasteiger partial charge on any atom is 0.0718 e. The molecule has 1 aromatic carbocycles. The van der Waals surface area contributed by atoms with Gasteiger partial charge in [-0.1, -0.05) is 39.0 Å². The highest BCUT2D eigenvalue weighted by atomic mass is 15.3. The van der Waals surface area contributed by atoms with Gasteiger partial charge in [-0.05, 0) is 24.9 Å². The quantitative estimate of drug-likeness (QED) is 0.863. The summed E-state index contributed by atoms with van der Waals surface area (Å²) in [6.07, 6.45) is 2.20. The smallest absolute Gasteiger partial charge is 0.0718 e. The van der Waals surface area contributed by atoms with E-state index in [4.69, 9.17) is 5.10 Å². The van der Waals surface area contributed by atoms with E-state index in [9.17, 15) is 0 Å². The van der Waals surface area contributed by atoms with Gasteiger partial charge in [0.1, 0.15) is 0 Å². The Balaban J connectivity index is 2.23. The fourth-order valence-electron chi connectivity index (χ4n) is 2.77. The van der Waals surface area contributed by atoms with Crippen LogP contribution in [0.3, 0.4) is 0 Å². The van der Waals surface area contributed by atoms with Gasteiger partial charge in [0, 0.05) is 24.9 Å². The molecule has 104 valence electrons. The standard InChI is InChI=1S/C16H25N3/c1-5-17-13(10-12(2)3)11-15-14-8-6-7-9-16(14)19(4)18-15/h6-9,12-13,17H,5,10-11H2,1-4H3. The highest BCUT2D eigenvalue weighted by molar-refractivity contribution is 5.81. The first-order chi connectivity index (χ1) is 9.11. The minimum absolute atomic E-state index is 0.517. The van der Waals surface area contributed by atoms with Gasteiger partial charge in [0.25, 0.3) is 0 Å². The number of benzene rings is 1. The topological polar surface area (TPSA) is 29.9 Å². The summed E-state index contributed by atoms with van der Waals surface area (Å²) in [4.78, 5) is 0. The normalized spacial score (nSPS) is 13.3. The number of para-hydroxylation sites is 1. The lowest BCUT2D eigenvalue weighted by Gasteiger charge is -2.19. The van der Waals surface area contributed by atoms with E-state index in [2.05, 4.69) is 50.4 Å². The second-order valence-corrected chi connectivity index (χ2v) is 5.68. The number of rotatable bonds is 6. The first kappa shape index (κ1) is 14.1. The molecule has 1 unspecified atom stereocenters. The van der Waals surface area contributed by atoms with Crippen LogP contribution in [0.2, 0.25) is 0 Å². The van der Waals surface area contributed by atoms with Gasteiger partial charge in [-0.2, -0.15) is 5.10 Å². The molecule has 3 heteroatoms. The van der Waals surface area contributed by atoms with Gasteiger partial charge in [-0.25, -0.2) is 0 Å². The van der Waals surface area contributed by atoms with Crippen molar-refractivity contribution in [2.45, 2.75) is 39.7 Å². The number of hydrogen-bond donors (Lipinski definition) is 1. The van der Waals surface area contributed by atoms with Gasteiger partial charge in [0.05, 0.1) is 11.2 Å². The molecule has 2 rings (SSSR count). The molecule has 0 amide bonds. The van der Waals surface area contributed by atoms with Crippen molar-refractivity contribution in [3.05, 3.63) is 30.0 Å². The average molecular weight is 259 g/mol.